The monoisotopic (exact) mass is 436 g/mol. The van der Waals surface area contributed by atoms with Gasteiger partial charge in [-0.1, -0.05) is 12.1 Å². The molecule has 0 saturated heterocycles. The number of carbonyl (C=O) groups is 1. The Bertz CT molecular complexity index is 1300. The number of benzene rings is 2. The van der Waals surface area contributed by atoms with Crippen LogP contribution in [0.15, 0.2) is 79.3 Å². The third-order valence-electron chi connectivity index (χ3n) is 5.58. The van der Waals surface area contributed by atoms with Crippen LogP contribution in [0.1, 0.15) is 16.7 Å². The number of fused-ring (bicyclic) bond motifs is 1. The highest BCUT2D eigenvalue weighted by Gasteiger charge is 2.26. The molecule has 5 rings (SSSR count). The molecule has 0 bridgehead atoms. The van der Waals surface area contributed by atoms with E-state index in [0.717, 1.165) is 33.9 Å². The second-order valence-corrected chi connectivity index (χ2v) is 8.24. The van der Waals surface area contributed by atoms with E-state index in [-0.39, 0.29) is 12.5 Å². The Morgan fingerprint density at radius 1 is 0.909 bits per heavy atom. The molecule has 4 aromatic rings. The fourth-order valence-electron chi connectivity index (χ4n) is 4.10. The van der Waals surface area contributed by atoms with Gasteiger partial charge in [-0.2, -0.15) is 0 Å². The summed E-state index contributed by atoms with van der Waals surface area (Å²) < 4.78 is 5.69. The molecule has 0 atom stereocenters. The molecule has 2 aromatic carbocycles. The number of hydrogen-bond acceptors (Lipinski definition) is 5. The largest absolute Gasteiger partial charge is 0.482 e. The van der Waals surface area contributed by atoms with Crippen LogP contribution in [0.25, 0.3) is 11.1 Å². The van der Waals surface area contributed by atoms with Gasteiger partial charge in [-0.25, -0.2) is 4.98 Å². The quantitative estimate of drug-likeness (QED) is 0.452. The maximum absolute atomic E-state index is 12.7. The summed E-state index contributed by atoms with van der Waals surface area (Å²) in [6.07, 6.45) is 5.26. The van der Waals surface area contributed by atoms with Crippen molar-refractivity contribution in [2.24, 2.45) is 0 Å². The summed E-state index contributed by atoms with van der Waals surface area (Å²) in [5.41, 5.74) is 7.16. The molecule has 1 amide bonds. The fourth-order valence-corrected chi connectivity index (χ4v) is 4.10. The second kappa shape index (κ2) is 8.74. The highest BCUT2D eigenvalue weighted by atomic mass is 16.5. The molecule has 1 N–H and O–H groups in total. The van der Waals surface area contributed by atoms with Gasteiger partial charge in [-0.05, 0) is 90.2 Å². The van der Waals surface area contributed by atoms with E-state index in [2.05, 4.69) is 47.3 Å². The van der Waals surface area contributed by atoms with Crippen molar-refractivity contribution >= 4 is 23.1 Å². The third-order valence-corrected chi connectivity index (χ3v) is 5.58. The summed E-state index contributed by atoms with van der Waals surface area (Å²) in [6, 6.07) is 20.1. The van der Waals surface area contributed by atoms with Gasteiger partial charge < -0.3 is 15.0 Å². The number of anilines is 3. The molecule has 2 aromatic heterocycles. The molecule has 0 saturated carbocycles. The van der Waals surface area contributed by atoms with Gasteiger partial charge in [-0.15, -0.1) is 0 Å². The predicted molar refractivity (Wildman–Crippen MR) is 130 cm³/mol. The first kappa shape index (κ1) is 20.7. The van der Waals surface area contributed by atoms with Crippen molar-refractivity contribution in [3.8, 4) is 16.9 Å². The maximum atomic E-state index is 12.7. The van der Waals surface area contributed by atoms with E-state index in [9.17, 15) is 4.79 Å². The smallest absolute Gasteiger partial charge is 0.265 e. The molecule has 1 aliphatic heterocycles. The standard InChI is InChI=1S/C27H24N4O2/c1-18-11-19(2)13-23(12-18)30-26-15-22(7-10-29-26)21-3-4-25-24(14-21)31(27(32)17-33-25)16-20-5-8-28-9-6-20/h3-15H,16-17H2,1-2H3,(H,29,30). The minimum atomic E-state index is -0.0663. The molecule has 0 aliphatic carbocycles. The van der Waals surface area contributed by atoms with E-state index >= 15 is 0 Å². The van der Waals surface area contributed by atoms with Crippen LogP contribution in [-0.2, 0) is 11.3 Å². The number of carbonyl (C=O) groups excluding carboxylic acids is 1. The van der Waals surface area contributed by atoms with E-state index in [4.69, 9.17) is 4.74 Å². The van der Waals surface area contributed by atoms with Gasteiger partial charge in [0, 0.05) is 24.3 Å². The maximum Gasteiger partial charge on any atom is 0.265 e. The summed E-state index contributed by atoms with van der Waals surface area (Å²) in [6.45, 7) is 4.67. The molecule has 6 nitrogen and oxygen atoms in total. The summed E-state index contributed by atoms with van der Waals surface area (Å²) in [5, 5.41) is 3.40. The normalized spacial score (nSPS) is 12.8. The lowest BCUT2D eigenvalue weighted by molar-refractivity contribution is -0.121. The number of hydrogen-bond donors (Lipinski definition) is 1. The minimum absolute atomic E-state index is 0.0384. The van der Waals surface area contributed by atoms with Gasteiger partial charge in [0.15, 0.2) is 6.61 Å². The highest BCUT2D eigenvalue weighted by Crippen LogP contribution is 2.37. The zero-order valence-electron chi connectivity index (χ0n) is 18.6. The van der Waals surface area contributed by atoms with Gasteiger partial charge >= 0.3 is 0 Å². The first-order chi connectivity index (χ1) is 16.0. The fraction of sp³-hybridized carbons (Fsp3) is 0.148. The molecule has 0 unspecified atom stereocenters. The predicted octanol–water partition coefficient (Wildman–Crippen LogP) is 5.43. The molecule has 164 valence electrons. The van der Waals surface area contributed by atoms with Crippen molar-refractivity contribution < 1.29 is 9.53 Å². The number of amides is 1. The van der Waals surface area contributed by atoms with Crippen molar-refractivity contribution in [3.63, 3.8) is 0 Å². The van der Waals surface area contributed by atoms with E-state index < -0.39 is 0 Å². The molecule has 6 heteroatoms. The Labute approximate surface area is 192 Å². The van der Waals surface area contributed by atoms with Crippen molar-refractivity contribution in [2.45, 2.75) is 20.4 Å². The van der Waals surface area contributed by atoms with Crippen LogP contribution in [0.3, 0.4) is 0 Å². The van der Waals surface area contributed by atoms with E-state index in [0.29, 0.717) is 12.3 Å². The molecular weight excluding hydrogens is 412 g/mol. The van der Waals surface area contributed by atoms with E-state index in [1.54, 1.807) is 23.5 Å². The molecule has 3 heterocycles. The average molecular weight is 437 g/mol. The third kappa shape index (κ3) is 4.55. The van der Waals surface area contributed by atoms with Gasteiger partial charge in [0.2, 0.25) is 0 Å². The molecule has 0 spiro atoms. The molecule has 33 heavy (non-hydrogen) atoms. The Hall–Kier alpha value is -4.19. The second-order valence-electron chi connectivity index (χ2n) is 8.24. The molecule has 0 fully saturated rings. The molecular formula is C27H24N4O2. The lowest BCUT2D eigenvalue weighted by Crippen LogP contribution is -2.38. The minimum Gasteiger partial charge on any atom is -0.482 e. The zero-order valence-corrected chi connectivity index (χ0v) is 18.6. The topological polar surface area (TPSA) is 67.4 Å². The van der Waals surface area contributed by atoms with Crippen LogP contribution in [0, 0.1) is 13.8 Å². The SMILES string of the molecule is Cc1cc(C)cc(Nc2cc(-c3ccc4c(c3)N(Cc3ccncc3)C(=O)CO4)ccn2)c1. The van der Waals surface area contributed by atoms with Gasteiger partial charge in [0.05, 0.1) is 12.2 Å². The lowest BCUT2D eigenvalue weighted by atomic mass is 10.0. The van der Waals surface area contributed by atoms with E-state index in [1.165, 1.54) is 11.1 Å². The number of rotatable bonds is 5. The highest BCUT2D eigenvalue weighted by molar-refractivity contribution is 5.98. The number of pyridine rings is 2. The van der Waals surface area contributed by atoms with Crippen molar-refractivity contribution in [2.75, 3.05) is 16.8 Å². The first-order valence-corrected chi connectivity index (χ1v) is 10.8. The summed E-state index contributed by atoms with van der Waals surface area (Å²) in [4.78, 5) is 23.0. The van der Waals surface area contributed by atoms with Crippen molar-refractivity contribution in [3.05, 3.63) is 95.9 Å². The Kier molecular flexibility index (Phi) is 5.48. The molecule has 0 radical (unpaired) electrons. The number of nitrogens with one attached hydrogen (secondary N) is 1. The van der Waals surface area contributed by atoms with Crippen LogP contribution in [0.4, 0.5) is 17.2 Å². The van der Waals surface area contributed by atoms with Crippen molar-refractivity contribution in [1.29, 1.82) is 0 Å². The number of nitrogens with zero attached hydrogens (tertiary/aromatic N) is 3. The summed E-state index contributed by atoms with van der Waals surface area (Å²) in [5.74, 6) is 1.40. The summed E-state index contributed by atoms with van der Waals surface area (Å²) in [7, 11) is 0. The van der Waals surface area contributed by atoms with Gasteiger partial charge in [-0.3, -0.25) is 9.78 Å². The first-order valence-electron chi connectivity index (χ1n) is 10.8. The van der Waals surface area contributed by atoms with Crippen molar-refractivity contribution in [1.82, 2.24) is 9.97 Å². The van der Waals surface area contributed by atoms with Crippen LogP contribution in [-0.4, -0.2) is 22.5 Å². The Balaban J connectivity index is 1.46. The lowest BCUT2D eigenvalue weighted by Gasteiger charge is -2.30. The van der Waals surface area contributed by atoms with Gasteiger partial charge in [0.25, 0.3) is 5.91 Å². The summed E-state index contributed by atoms with van der Waals surface area (Å²) >= 11 is 0. The molecule has 1 aliphatic rings. The number of ether oxygens (including phenoxy) is 1. The number of aromatic nitrogens is 2. The van der Waals surface area contributed by atoms with E-state index in [1.807, 2.05) is 42.5 Å². The Morgan fingerprint density at radius 3 is 2.45 bits per heavy atom. The average Bonchev–Trinajstić information content (AvgIpc) is 2.81. The van der Waals surface area contributed by atoms with Crippen LogP contribution >= 0.6 is 0 Å². The number of aryl methyl sites for hydroxylation is 2. The van der Waals surface area contributed by atoms with Crippen LogP contribution in [0.5, 0.6) is 5.75 Å². The van der Waals surface area contributed by atoms with Gasteiger partial charge in [0.1, 0.15) is 11.6 Å². The zero-order chi connectivity index (χ0) is 22.8. The Morgan fingerprint density at radius 2 is 1.67 bits per heavy atom. The van der Waals surface area contributed by atoms with Crippen LogP contribution < -0.4 is 15.0 Å². The van der Waals surface area contributed by atoms with Crippen LogP contribution in [0.2, 0.25) is 0 Å².